The number of rotatable bonds is 4. The van der Waals surface area contributed by atoms with Crippen molar-refractivity contribution in [2.75, 3.05) is 0 Å². The standard InChI is InChI=1S/C14H21FN2/c1-2-10-7-8-11(9-10)14(17-16)12-5-3-4-6-13(12)15/h3-6,10-11,14,17H,2,7-9,16H2,1H3. The van der Waals surface area contributed by atoms with Gasteiger partial charge in [0.05, 0.1) is 6.04 Å². The molecule has 2 nitrogen and oxygen atoms in total. The van der Waals surface area contributed by atoms with Crippen molar-refractivity contribution in [3.63, 3.8) is 0 Å². The molecule has 3 atom stereocenters. The summed E-state index contributed by atoms with van der Waals surface area (Å²) in [5.41, 5.74) is 3.51. The molecule has 17 heavy (non-hydrogen) atoms. The van der Waals surface area contributed by atoms with Crippen molar-refractivity contribution in [1.82, 2.24) is 5.43 Å². The van der Waals surface area contributed by atoms with Gasteiger partial charge in [0.25, 0.3) is 0 Å². The molecule has 3 unspecified atom stereocenters. The van der Waals surface area contributed by atoms with Crippen LogP contribution in [0.15, 0.2) is 24.3 Å². The first kappa shape index (κ1) is 12.5. The van der Waals surface area contributed by atoms with Crippen molar-refractivity contribution in [3.05, 3.63) is 35.6 Å². The third kappa shape index (κ3) is 2.67. The monoisotopic (exact) mass is 236 g/mol. The number of nitrogens with two attached hydrogens (primary N) is 1. The van der Waals surface area contributed by atoms with Crippen LogP contribution in [0.25, 0.3) is 0 Å². The summed E-state index contributed by atoms with van der Waals surface area (Å²) in [6.45, 7) is 2.22. The lowest BCUT2D eigenvalue weighted by Crippen LogP contribution is -2.33. The van der Waals surface area contributed by atoms with Crippen LogP contribution in [0.5, 0.6) is 0 Å². The van der Waals surface area contributed by atoms with Crippen LogP contribution in [-0.2, 0) is 0 Å². The molecule has 2 rings (SSSR count). The van der Waals surface area contributed by atoms with Gasteiger partial charge >= 0.3 is 0 Å². The fourth-order valence-corrected chi connectivity index (χ4v) is 2.99. The molecule has 3 N–H and O–H groups in total. The van der Waals surface area contributed by atoms with E-state index in [1.54, 1.807) is 6.07 Å². The van der Waals surface area contributed by atoms with E-state index in [1.807, 2.05) is 12.1 Å². The van der Waals surface area contributed by atoms with Crippen LogP contribution in [0.3, 0.4) is 0 Å². The van der Waals surface area contributed by atoms with Crippen LogP contribution in [0.1, 0.15) is 44.2 Å². The smallest absolute Gasteiger partial charge is 0.128 e. The Morgan fingerprint density at radius 1 is 1.41 bits per heavy atom. The quantitative estimate of drug-likeness (QED) is 0.622. The zero-order valence-corrected chi connectivity index (χ0v) is 10.3. The Labute approximate surface area is 102 Å². The van der Waals surface area contributed by atoms with Gasteiger partial charge in [0.15, 0.2) is 0 Å². The lowest BCUT2D eigenvalue weighted by Gasteiger charge is -2.23. The Kier molecular flexibility index (Phi) is 4.13. The number of halogens is 1. The van der Waals surface area contributed by atoms with Gasteiger partial charge in [-0.15, -0.1) is 0 Å². The molecule has 94 valence electrons. The molecule has 0 radical (unpaired) electrons. The van der Waals surface area contributed by atoms with Gasteiger partial charge in [-0.1, -0.05) is 38.0 Å². The van der Waals surface area contributed by atoms with Gasteiger partial charge in [0.2, 0.25) is 0 Å². The molecule has 0 aliphatic heterocycles. The van der Waals surface area contributed by atoms with Crippen molar-refractivity contribution in [1.29, 1.82) is 0 Å². The second-order valence-corrected chi connectivity index (χ2v) is 5.01. The predicted molar refractivity (Wildman–Crippen MR) is 67.6 cm³/mol. The minimum atomic E-state index is -0.157. The van der Waals surface area contributed by atoms with Gasteiger partial charge in [0, 0.05) is 5.56 Å². The Morgan fingerprint density at radius 3 is 2.76 bits per heavy atom. The minimum Gasteiger partial charge on any atom is -0.271 e. The van der Waals surface area contributed by atoms with Crippen LogP contribution in [0.2, 0.25) is 0 Å². The maximum absolute atomic E-state index is 13.8. The van der Waals surface area contributed by atoms with Gasteiger partial charge in [-0.25, -0.2) is 4.39 Å². The van der Waals surface area contributed by atoms with Crippen molar-refractivity contribution < 1.29 is 4.39 Å². The van der Waals surface area contributed by atoms with E-state index in [9.17, 15) is 4.39 Å². The fraction of sp³-hybridized carbons (Fsp3) is 0.571. The zero-order valence-electron chi connectivity index (χ0n) is 10.3. The molecule has 0 saturated heterocycles. The van der Waals surface area contributed by atoms with Crippen LogP contribution < -0.4 is 11.3 Å². The van der Waals surface area contributed by atoms with E-state index in [4.69, 9.17) is 5.84 Å². The Morgan fingerprint density at radius 2 is 2.18 bits per heavy atom. The number of hydrogen-bond donors (Lipinski definition) is 2. The van der Waals surface area contributed by atoms with Gasteiger partial charge < -0.3 is 0 Å². The molecular formula is C14H21FN2. The number of hydrazine groups is 1. The molecule has 0 aromatic heterocycles. The molecule has 1 aliphatic carbocycles. The predicted octanol–water partition coefficient (Wildman–Crippen LogP) is 3.16. The second-order valence-electron chi connectivity index (χ2n) is 5.01. The van der Waals surface area contributed by atoms with E-state index in [0.717, 1.165) is 18.8 Å². The van der Waals surface area contributed by atoms with Gasteiger partial charge in [-0.05, 0) is 30.7 Å². The second kappa shape index (κ2) is 5.61. The maximum atomic E-state index is 13.8. The molecule has 1 aliphatic rings. The first-order valence-corrected chi connectivity index (χ1v) is 6.46. The Balaban J connectivity index is 2.15. The summed E-state index contributed by atoms with van der Waals surface area (Å²) in [7, 11) is 0. The van der Waals surface area contributed by atoms with Crippen molar-refractivity contribution >= 4 is 0 Å². The van der Waals surface area contributed by atoms with Crippen LogP contribution in [0.4, 0.5) is 4.39 Å². The van der Waals surface area contributed by atoms with E-state index in [2.05, 4.69) is 12.3 Å². The van der Waals surface area contributed by atoms with E-state index in [-0.39, 0.29) is 11.9 Å². The fourth-order valence-electron chi connectivity index (χ4n) is 2.99. The lowest BCUT2D eigenvalue weighted by molar-refractivity contribution is 0.349. The molecule has 1 aromatic carbocycles. The lowest BCUT2D eigenvalue weighted by atomic mass is 9.90. The summed E-state index contributed by atoms with van der Waals surface area (Å²) >= 11 is 0. The summed E-state index contributed by atoms with van der Waals surface area (Å²) < 4.78 is 13.8. The van der Waals surface area contributed by atoms with Gasteiger partial charge in [-0.3, -0.25) is 11.3 Å². The van der Waals surface area contributed by atoms with Crippen molar-refractivity contribution in [2.24, 2.45) is 17.7 Å². The number of nitrogens with one attached hydrogen (secondary N) is 1. The molecule has 1 saturated carbocycles. The molecule has 0 amide bonds. The SMILES string of the molecule is CCC1CCC(C(NN)c2ccccc2F)C1. The average molecular weight is 236 g/mol. The first-order chi connectivity index (χ1) is 8.26. The van der Waals surface area contributed by atoms with Crippen LogP contribution in [0, 0.1) is 17.7 Å². The number of benzene rings is 1. The highest BCUT2D eigenvalue weighted by Gasteiger charge is 2.31. The minimum absolute atomic E-state index is 0.0484. The Bertz CT molecular complexity index is 367. The third-order valence-electron chi connectivity index (χ3n) is 4.05. The molecule has 0 bridgehead atoms. The molecule has 1 aromatic rings. The third-order valence-corrected chi connectivity index (χ3v) is 4.05. The first-order valence-electron chi connectivity index (χ1n) is 6.46. The maximum Gasteiger partial charge on any atom is 0.128 e. The highest BCUT2D eigenvalue weighted by Crippen LogP contribution is 2.40. The summed E-state index contributed by atoms with van der Waals surface area (Å²) in [6.07, 6.45) is 4.75. The van der Waals surface area contributed by atoms with Gasteiger partial charge in [-0.2, -0.15) is 0 Å². The molecule has 3 heteroatoms. The zero-order chi connectivity index (χ0) is 12.3. The topological polar surface area (TPSA) is 38.0 Å². The van der Waals surface area contributed by atoms with E-state index < -0.39 is 0 Å². The summed E-state index contributed by atoms with van der Waals surface area (Å²) in [4.78, 5) is 0. The highest BCUT2D eigenvalue weighted by molar-refractivity contribution is 5.22. The normalized spacial score (nSPS) is 26.1. The Hall–Kier alpha value is -0.930. The summed E-state index contributed by atoms with van der Waals surface area (Å²) in [5.74, 6) is 6.71. The number of hydrogen-bond acceptors (Lipinski definition) is 2. The molecule has 0 spiro atoms. The van der Waals surface area contributed by atoms with Gasteiger partial charge in [0.1, 0.15) is 5.82 Å². The van der Waals surface area contributed by atoms with E-state index in [0.29, 0.717) is 11.5 Å². The summed E-state index contributed by atoms with van der Waals surface area (Å²) in [6, 6.07) is 6.88. The summed E-state index contributed by atoms with van der Waals surface area (Å²) in [5, 5.41) is 0. The van der Waals surface area contributed by atoms with E-state index in [1.165, 1.54) is 18.9 Å². The largest absolute Gasteiger partial charge is 0.271 e. The molecule has 0 heterocycles. The van der Waals surface area contributed by atoms with Crippen LogP contribution in [-0.4, -0.2) is 0 Å². The van der Waals surface area contributed by atoms with Crippen molar-refractivity contribution in [3.8, 4) is 0 Å². The van der Waals surface area contributed by atoms with E-state index >= 15 is 0 Å². The average Bonchev–Trinajstić information content (AvgIpc) is 2.81. The van der Waals surface area contributed by atoms with Crippen molar-refractivity contribution in [2.45, 2.75) is 38.6 Å². The van der Waals surface area contributed by atoms with Crippen LogP contribution >= 0.6 is 0 Å². The molecule has 1 fully saturated rings. The molecular weight excluding hydrogens is 215 g/mol. The highest BCUT2D eigenvalue weighted by atomic mass is 19.1.